The van der Waals surface area contributed by atoms with Crippen LogP contribution >= 0.6 is 0 Å². The molecule has 0 N–H and O–H groups in total. The summed E-state index contributed by atoms with van der Waals surface area (Å²) in [6, 6.07) is 0. The van der Waals surface area contributed by atoms with Gasteiger partial charge in [0.05, 0.1) is 12.0 Å². The van der Waals surface area contributed by atoms with Gasteiger partial charge in [-0.05, 0) is 20.8 Å². The van der Waals surface area contributed by atoms with Crippen LogP contribution in [0.5, 0.6) is 0 Å². The first-order chi connectivity index (χ1) is 7.88. The highest BCUT2D eigenvalue weighted by Crippen LogP contribution is 2.10. The van der Waals surface area contributed by atoms with Crippen molar-refractivity contribution in [2.75, 3.05) is 0 Å². The molecule has 0 fully saturated rings. The smallest absolute Gasteiger partial charge is 0.306 e. The second kappa shape index (κ2) is 5.52. The van der Waals surface area contributed by atoms with Crippen LogP contribution in [-0.4, -0.2) is 27.3 Å². The molecular weight excluding hydrogens is 220 g/mol. The van der Waals surface area contributed by atoms with Crippen LogP contribution in [0.3, 0.4) is 0 Å². The summed E-state index contributed by atoms with van der Waals surface area (Å²) >= 11 is 0. The molecular formula is C12H16N2O3. The normalized spacial score (nSPS) is 11.0. The van der Waals surface area contributed by atoms with Crippen LogP contribution in [0.25, 0.3) is 0 Å². The maximum Gasteiger partial charge on any atom is 0.306 e. The SMILES string of the molecule is CC(C)(C)OC(=O)CCC(=O)c1cncnc1. The fraction of sp³-hybridized carbons (Fsp3) is 0.500. The monoisotopic (exact) mass is 236 g/mol. The quantitative estimate of drug-likeness (QED) is 0.588. The zero-order valence-electron chi connectivity index (χ0n) is 10.3. The van der Waals surface area contributed by atoms with E-state index in [1.807, 2.05) is 0 Å². The van der Waals surface area contributed by atoms with Crippen molar-refractivity contribution >= 4 is 11.8 Å². The minimum atomic E-state index is -0.518. The Kier molecular flexibility index (Phi) is 4.31. The standard InChI is InChI=1S/C12H16N2O3/c1-12(2,3)17-11(16)5-4-10(15)9-6-13-8-14-7-9/h6-8H,4-5H2,1-3H3. The van der Waals surface area contributed by atoms with Crippen molar-refractivity contribution < 1.29 is 14.3 Å². The third-order valence-corrected chi connectivity index (χ3v) is 1.86. The molecule has 17 heavy (non-hydrogen) atoms. The second-order valence-corrected chi connectivity index (χ2v) is 4.64. The molecule has 92 valence electrons. The number of carbonyl (C=O) groups excluding carboxylic acids is 2. The van der Waals surface area contributed by atoms with E-state index in [1.54, 1.807) is 20.8 Å². The van der Waals surface area contributed by atoms with Crippen LogP contribution < -0.4 is 0 Å². The number of aromatic nitrogens is 2. The molecule has 0 radical (unpaired) electrons. The van der Waals surface area contributed by atoms with Gasteiger partial charge in [-0.2, -0.15) is 0 Å². The predicted molar refractivity (Wildman–Crippen MR) is 61.4 cm³/mol. The summed E-state index contributed by atoms with van der Waals surface area (Å²) in [6.07, 6.45) is 4.41. The molecule has 1 aromatic rings. The minimum Gasteiger partial charge on any atom is -0.460 e. The zero-order valence-corrected chi connectivity index (χ0v) is 10.3. The largest absolute Gasteiger partial charge is 0.460 e. The number of hydrogen-bond donors (Lipinski definition) is 0. The summed E-state index contributed by atoms with van der Waals surface area (Å²) < 4.78 is 5.10. The predicted octanol–water partition coefficient (Wildman–Crippen LogP) is 1.78. The molecule has 0 aliphatic carbocycles. The van der Waals surface area contributed by atoms with E-state index in [2.05, 4.69) is 9.97 Å². The zero-order chi connectivity index (χ0) is 12.9. The number of ketones is 1. The topological polar surface area (TPSA) is 69.2 Å². The first kappa shape index (κ1) is 13.3. The third kappa shape index (κ3) is 5.19. The summed E-state index contributed by atoms with van der Waals surface area (Å²) in [4.78, 5) is 30.5. The fourth-order valence-electron chi connectivity index (χ4n) is 1.20. The number of nitrogens with zero attached hydrogens (tertiary/aromatic N) is 2. The number of Topliss-reactive ketones (excluding diaryl/α,β-unsaturated/α-hetero) is 1. The van der Waals surface area contributed by atoms with Gasteiger partial charge < -0.3 is 4.74 Å². The average Bonchev–Trinajstić information content (AvgIpc) is 2.25. The van der Waals surface area contributed by atoms with E-state index in [1.165, 1.54) is 18.7 Å². The first-order valence-electron chi connectivity index (χ1n) is 5.38. The van der Waals surface area contributed by atoms with Crippen molar-refractivity contribution in [3.05, 3.63) is 24.3 Å². The van der Waals surface area contributed by atoms with Crippen LogP contribution in [-0.2, 0) is 9.53 Å². The van der Waals surface area contributed by atoms with Crippen molar-refractivity contribution in [1.29, 1.82) is 0 Å². The van der Waals surface area contributed by atoms with Crippen molar-refractivity contribution in [2.24, 2.45) is 0 Å². The van der Waals surface area contributed by atoms with Gasteiger partial charge in [0.1, 0.15) is 11.9 Å². The molecule has 0 aliphatic rings. The molecule has 0 bridgehead atoms. The van der Waals surface area contributed by atoms with E-state index in [0.717, 1.165) is 0 Å². The number of ether oxygens (including phenoxy) is 1. The maximum atomic E-state index is 11.6. The van der Waals surface area contributed by atoms with Crippen LogP contribution in [0.2, 0.25) is 0 Å². The second-order valence-electron chi connectivity index (χ2n) is 4.64. The molecule has 5 heteroatoms. The number of carbonyl (C=O) groups is 2. The van der Waals surface area contributed by atoms with Crippen molar-refractivity contribution in [2.45, 2.75) is 39.2 Å². The Labute approximate surface area is 100 Å². The Morgan fingerprint density at radius 1 is 1.18 bits per heavy atom. The van der Waals surface area contributed by atoms with Gasteiger partial charge in [-0.1, -0.05) is 0 Å². The molecule has 0 unspecified atom stereocenters. The van der Waals surface area contributed by atoms with E-state index in [0.29, 0.717) is 5.56 Å². The van der Waals surface area contributed by atoms with E-state index in [9.17, 15) is 9.59 Å². The number of esters is 1. The number of rotatable bonds is 4. The highest BCUT2D eigenvalue weighted by molar-refractivity contribution is 5.96. The molecule has 0 saturated carbocycles. The molecule has 0 aliphatic heterocycles. The summed E-state index contributed by atoms with van der Waals surface area (Å²) in [5, 5.41) is 0. The van der Waals surface area contributed by atoms with Gasteiger partial charge in [0, 0.05) is 18.8 Å². The third-order valence-electron chi connectivity index (χ3n) is 1.86. The van der Waals surface area contributed by atoms with Crippen molar-refractivity contribution in [3.63, 3.8) is 0 Å². The van der Waals surface area contributed by atoms with E-state index >= 15 is 0 Å². The van der Waals surface area contributed by atoms with E-state index in [4.69, 9.17) is 4.74 Å². The molecule has 0 amide bonds. The molecule has 1 aromatic heterocycles. The fourth-order valence-corrected chi connectivity index (χ4v) is 1.20. The molecule has 0 aromatic carbocycles. The lowest BCUT2D eigenvalue weighted by molar-refractivity contribution is -0.154. The summed E-state index contributed by atoms with van der Waals surface area (Å²) in [6.45, 7) is 5.37. The summed E-state index contributed by atoms with van der Waals surface area (Å²) in [7, 11) is 0. The summed E-state index contributed by atoms with van der Waals surface area (Å²) in [5.41, 5.74) is -0.105. The van der Waals surface area contributed by atoms with E-state index < -0.39 is 5.60 Å². The lowest BCUT2D eigenvalue weighted by atomic mass is 10.1. The Morgan fingerprint density at radius 2 is 1.76 bits per heavy atom. The lowest BCUT2D eigenvalue weighted by Gasteiger charge is -2.19. The molecule has 0 atom stereocenters. The highest BCUT2D eigenvalue weighted by atomic mass is 16.6. The van der Waals surface area contributed by atoms with E-state index in [-0.39, 0.29) is 24.6 Å². The van der Waals surface area contributed by atoms with Gasteiger partial charge in [0.25, 0.3) is 0 Å². The van der Waals surface area contributed by atoms with Gasteiger partial charge in [0.15, 0.2) is 5.78 Å². The Morgan fingerprint density at radius 3 is 2.29 bits per heavy atom. The maximum absolute atomic E-state index is 11.6. The van der Waals surface area contributed by atoms with Crippen LogP contribution in [0.4, 0.5) is 0 Å². The van der Waals surface area contributed by atoms with Crippen molar-refractivity contribution in [3.8, 4) is 0 Å². The first-order valence-corrected chi connectivity index (χ1v) is 5.38. The summed E-state index contributed by atoms with van der Waals surface area (Å²) in [5.74, 6) is -0.529. The number of hydrogen-bond acceptors (Lipinski definition) is 5. The Hall–Kier alpha value is -1.78. The van der Waals surface area contributed by atoms with Gasteiger partial charge in [-0.3, -0.25) is 9.59 Å². The molecule has 0 saturated heterocycles. The van der Waals surface area contributed by atoms with Crippen LogP contribution in [0.1, 0.15) is 44.0 Å². The molecule has 5 nitrogen and oxygen atoms in total. The van der Waals surface area contributed by atoms with Gasteiger partial charge in [0.2, 0.25) is 0 Å². The van der Waals surface area contributed by atoms with Crippen LogP contribution in [0.15, 0.2) is 18.7 Å². The minimum absolute atomic E-state index is 0.0744. The highest BCUT2D eigenvalue weighted by Gasteiger charge is 2.17. The van der Waals surface area contributed by atoms with Gasteiger partial charge in [-0.15, -0.1) is 0 Å². The Balaban J connectivity index is 2.42. The van der Waals surface area contributed by atoms with Gasteiger partial charge in [-0.25, -0.2) is 9.97 Å². The van der Waals surface area contributed by atoms with Gasteiger partial charge >= 0.3 is 5.97 Å². The molecule has 0 spiro atoms. The average molecular weight is 236 g/mol. The lowest BCUT2D eigenvalue weighted by Crippen LogP contribution is -2.24. The van der Waals surface area contributed by atoms with Crippen LogP contribution in [0, 0.1) is 0 Å². The molecule has 1 rings (SSSR count). The van der Waals surface area contributed by atoms with Crippen molar-refractivity contribution in [1.82, 2.24) is 9.97 Å². The Bertz CT molecular complexity index is 396. The molecule has 1 heterocycles.